The van der Waals surface area contributed by atoms with Gasteiger partial charge in [-0.2, -0.15) is 0 Å². The Morgan fingerprint density at radius 1 is 0.293 bits per heavy atom. The lowest BCUT2D eigenvalue weighted by molar-refractivity contribution is 0.677. The molecule has 0 saturated heterocycles. The molecule has 0 saturated carbocycles. The third-order valence-electron chi connectivity index (χ3n) is 14.7. The van der Waals surface area contributed by atoms with Gasteiger partial charge in [-0.15, -0.1) is 11.3 Å². The fraction of sp³-hybridized carbons (Fsp3) is 0. The highest BCUT2D eigenvalue weighted by atomic mass is 32.1. The summed E-state index contributed by atoms with van der Waals surface area (Å²) in [6, 6.07) is 90.6. The fourth-order valence-corrected chi connectivity index (χ4v) is 12.2. The van der Waals surface area contributed by atoms with Crippen molar-refractivity contribution in [2.75, 3.05) is 0 Å². The molecule has 0 aliphatic carbocycles. The van der Waals surface area contributed by atoms with E-state index in [1.165, 1.54) is 20.2 Å². The zero-order chi connectivity index (χ0) is 49.4. The van der Waals surface area contributed by atoms with Crippen molar-refractivity contribution in [3.63, 3.8) is 0 Å². The maximum absolute atomic E-state index is 7.29. The van der Waals surface area contributed by atoms with E-state index in [1.807, 2.05) is 47.7 Å². The molecule has 15 rings (SSSR count). The van der Waals surface area contributed by atoms with Crippen molar-refractivity contribution in [3.8, 4) is 84.4 Å². The quantitative estimate of drug-likeness (QED) is 0.152. The lowest BCUT2D eigenvalue weighted by Gasteiger charge is -2.21. The smallest absolute Gasteiger partial charge is 0.164 e. The average molecular weight is 975 g/mol. The molecule has 0 aliphatic heterocycles. The van der Waals surface area contributed by atoms with Crippen LogP contribution < -0.4 is 0 Å². The van der Waals surface area contributed by atoms with Gasteiger partial charge in [-0.1, -0.05) is 206 Å². The predicted molar refractivity (Wildman–Crippen MR) is 312 cm³/mol. The molecule has 4 heterocycles. The van der Waals surface area contributed by atoms with E-state index in [2.05, 4.69) is 223 Å². The van der Waals surface area contributed by atoms with Gasteiger partial charge in [0.2, 0.25) is 0 Å². The molecule has 0 radical (unpaired) electrons. The average Bonchev–Trinajstić information content (AvgIpc) is 4.18. The van der Waals surface area contributed by atoms with E-state index in [9.17, 15) is 0 Å². The normalized spacial score (nSPS) is 11.7. The van der Waals surface area contributed by atoms with Crippen molar-refractivity contribution < 1.29 is 4.42 Å². The van der Waals surface area contributed by atoms with Gasteiger partial charge in [0.25, 0.3) is 0 Å². The molecule has 0 spiro atoms. The Balaban J connectivity index is 1.05. The molecule has 6 heteroatoms. The predicted octanol–water partition coefficient (Wildman–Crippen LogP) is 18.9. The van der Waals surface area contributed by atoms with Gasteiger partial charge in [-0.05, 0) is 81.9 Å². The second-order valence-corrected chi connectivity index (χ2v) is 20.1. The van der Waals surface area contributed by atoms with Crippen LogP contribution in [-0.4, -0.2) is 19.5 Å². The van der Waals surface area contributed by atoms with Crippen LogP contribution in [0.3, 0.4) is 0 Å². The Morgan fingerprint density at radius 3 is 1.28 bits per heavy atom. The van der Waals surface area contributed by atoms with Crippen LogP contribution in [0.4, 0.5) is 0 Å². The lowest BCUT2D eigenvalue weighted by Crippen LogP contribution is -2.04. The molecule has 0 unspecified atom stereocenters. The zero-order valence-corrected chi connectivity index (χ0v) is 41.2. The van der Waals surface area contributed by atoms with Crippen molar-refractivity contribution in [1.82, 2.24) is 19.5 Å². The number of fused-ring (bicyclic) bond motifs is 11. The first kappa shape index (κ1) is 42.9. The minimum absolute atomic E-state index is 0.581. The SMILES string of the molecule is c1ccc(-c2ccc(-c3cc(-c4nc(-c5ccccc5)nc(-c5ccccc5)n4)cc(-c4ccc(-c5ccccc5)cc4)c3-n3c4ccccc4c4c5oc6c(ccc7sc8ccccc8c76)c5ccc43)cc2)cc1. The summed E-state index contributed by atoms with van der Waals surface area (Å²) in [6.07, 6.45) is 0. The summed E-state index contributed by atoms with van der Waals surface area (Å²) in [5.74, 6) is 1.80. The maximum atomic E-state index is 7.29. The molecule has 4 aromatic heterocycles. The molecular formula is C69H42N4OS. The van der Waals surface area contributed by atoms with E-state index in [4.69, 9.17) is 19.4 Å². The van der Waals surface area contributed by atoms with Gasteiger partial charge >= 0.3 is 0 Å². The first-order valence-corrected chi connectivity index (χ1v) is 26.1. The van der Waals surface area contributed by atoms with Gasteiger partial charge in [0.15, 0.2) is 17.5 Å². The monoisotopic (exact) mass is 974 g/mol. The Bertz CT molecular complexity index is 4500. The van der Waals surface area contributed by atoms with Crippen LogP contribution >= 0.6 is 11.3 Å². The first-order chi connectivity index (χ1) is 37.2. The molecule has 75 heavy (non-hydrogen) atoms. The summed E-state index contributed by atoms with van der Waals surface area (Å²) < 4.78 is 12.2. The van der Waals surface area contributed by atoms with Crippen molar-refractivity contribution in [2.24, 2.45) is 0 Å². The van der Waals surface area contributed by atoms with Gasteiger partial charge in [-0.25, -0.2) is 15.0 Å². The van der Waals surface area contributed by atoms with Crippen LogP contribution in [0.1, 0.15) is 0 Å². The number of hydrogen-bond acceptors (Lipinski definition) is 5. The summed E-state index contributed by atoms with van der Waals surface area (Å²) in [5.41, 5.74) is 16.4. The third-order valence-corrected chi connectivity index (χ3v) is 15.8. The largest absolute Gasteiger partial charge is 0.455 e. The second kappa shape index (κ2) is 17.5. The van der Waals surface area contributed by atoms with Crippen molar-refractivity contribution in [2.45, 2.75) is 0 Å². The summed E-state index contributed by atoms with van der Waals surface area (Å²) in [4.78, 5) is 15.7. The van der Waals surface area contributed by atoms with Crippen LogP contribution in [0.5, 0.6) is 0 Å². The van der Waals surface area contributed by atoms with E-state index >= 15 is 0 Å². The van der Waals surface area contributed by atoms with E-state index in [0.29, 0.717) is 17.5 Å². The summed E-state index contributed by atoms with van der Waals surface area (Å²) >= 11 is 1.81. The number of rotatable bonds is 8. The van der Waals surface area contributed by atoms with E-state index in [-0.39, 0.29) is 0 Å². The summed E-state index contributed by atoms with van der Waals surface area (Å²) in [5, 5.41) is 6.79. The summed E-state index contributed by atoms with van der Waals surface area (Å²) in [7, 11) is 0. The fourth-order valence-electron chi connectivity index (χ4n) is 11.1. The minimum atomic E-state index is 0.581. The van der Waals surface area contributed by atoms with Crippen LogP contribution in [0, 0.1) is 0 Å². The molecule has 15 aromatic rings. The number of benzene rings is 11. The van der Waals surface area contributed by atoms with Gasteiger partial charge in [0.05, 0.1) is 22.1 Å². The van der Waals surface area contributed by atoms with E-state index < -0.39 is 0 Å². The highest BCUT2D eigenvalue weighted by Gasteiger charge is 2.26. The van der Waals surface area contributed by atoms with Crippen LogP contribution in [0.25, 0.3) is 148 Å². The molecule has 0 fully saturated rings. The van der Waals surface area contributed by atoms with Crippen molar-refractivity contribution >= 4 is 75.3 Å². The molecular weight excluding hydrogens is 933 g/mol. The Labute approximate surface area is 435 Å². The molecule has 0 amide bonds. The summed E-state index contributed by atoms with van der Waals surface area (Å²) in [6.45, 7) is 0. The highest BCUT2D eigenvalue weighted by molar-refractivity contribution is 7.26. The lowest BCUT2D eigenvalue weighted by atomic mass is 9.91. The van der Waals surface area contributed by atoms with E-state index in [1.54, 1.807) is 0 Å². The molecule has 5 nitrogen and oxygen atoms in total. The number of para-hydroxylation sites is 1. The number of furan rings is 1. The van der Waals surface area contributed by atoms with Crippen molar-refractivity contribution in [1.29, 1.82) is 0 Å². The number of hydrogen-bond donors (Lipinski definition) is 0. The van der Waals surface area contributed by atoms with Gasteiger partial charge < -0.3 is 8.98 Å². The molecule has 0 atom stereocenters. The molecule has 0 bridgehead atoms. The van der Waals surface area contributed by atoms with E-state index in [0.717, 1.165) is 111 Å². The topological polar surface area (TPSA) is 56.7 Å². The number of nitrogens with zero attached hydrogens (tertiary/aromatic N) is 4. The molecule has 0 N–H and O–H groups in total. The molecule has 11 aromatic carbocycles. The molecule has 0 aliphatic rings. The number of thiophene rings is 1. The maximum Gasteiger partial charge on any atom is 0.164 e. The Hall–Kier alpha value is -9.75. The van der Waals surface area contributed by atoms with Gasteiger partial charge in [0.1, 0.15) is 11.2 Å². The minimum Gasteiger partial charge on any atom is -0.455 e. The Kier molecular flexibility index (Phi) is 10.00. The first-order valence-electron chi connectivity index (χ1n) is 25.2. The third kappa shape index (κ3) is 7.18. The zero-order valence-electron chi connectivity index (χ0n) is 40.4. The number of aromatic nitrogens is 4. The van der Waals surface area contributed by atoms with Crippen molar-refractivity contribution in [3.05, 3.63) is 255 Å². The second-order valence-electron chi connectivity index (χ2n) is 19.0. The van der Waals surface area contributed by atoms with Gasteiger partial charge in [-0.3, -0.25) is 0 Å². The van der Waals surface area contributed by atoms with Crippen LogP contribution in [0.15, 0.2) is 259 Å². The van der Waals surface area contributed by atoms with Gasteiger partial charge in [0, 0.05) is 64.1 Å². The molecule has 350 valence electrons. The standard InChI is InChI=1S/C69H42N4OS/c1-5-17-43(18-6-1)45-29-33-47(34-30-45)56-41-51(69-71-67(49-21-9-3-10-22-49)70-68(72-69)50-23-11-4-12-24-50)42-57(48-35-31-46(32-36-48)44-19-7-2-8-20-44)64(56)73-58-27-15-13-25-54(58)62-59(73)39-37-52-53-38-40-61-63(66(53)74-65(52)62)55-26-14-16-28-60(55)75-61/h1-42H. The highest BCUT2D eigenvalue weighted by Crippen LogP contribution is 2.48. The van der Waals surface area contributed by atoms with Crippen LogP contribution in [0.2, 0.25) is 0 Å². The van der Waals surface area contributed by atoms with Crippen LogP contribution in [-0.2, 0) is 0 Å². The Morgan fingerprint density at radius 2 is 0.720 bits per heavy atom.